The fourth-order valence-electron chi connectivity index (χ4n) is 3.87. The highest BCUT2D eigenvalue weighted by atomic mass is 16.5. The van der Waals surface area contributed by atoms with Crippen LogP contribution in [0.4, 0.5) is 11.6 Å². The second kappa shape index (κ2) is 7.37. The van der Waals surface area contributed by atoms with Crippen molar-refractivity contribution in [2.75, 3.05) is 62.4 Å². The van der Waals surface area contributed by atoms with Crippen molar-refractivity contribution >= 4 is 22.7 Å². The molecule has 0 atom stereocenters. The average Bonchev–Trinajstić information content (AvgIpc) is 3.19. The largest absolute Gasteiger partial charge is 0.378 e. The summed E-state index contributed by atoms with van der Waals surface area (Å²) in [6.45, 7) is 8.36. The molecule has 0 N–H and O–H groups in total. The van der Waals surface area contributed by atoms with Gasteiger partial charge < -0.3 is 19.3 Å². The summed E-state index contributed by atoms with van der Waals surface area (Å²) in [5, 5.41) is 0. The Labute approximate surface area is 163 Å². The van der Waals surface area contributed by atoms with Crippen LogP contribution in [0.25, 0.3) is 17.0 Å². The Bertz CT molecular complexity index is 937. The van der Waals surface area contributed by atoms with E-state index >= 15 is 0 Å². The van der Waals surface area contributed by atoms with E-state index in [9.17, 15) is 0 Å². The van der Waals surface area contributed by atoms with Crippen LogP contribution in [0.1, 0.15) is 5.56 Å². The van der Waals surface area contributed by atoms with Gasteiger partial charge in [0.2, 0.25) is 5.95 Å². The van der Waals surface area contributed by atoms with Gasteiger partial charge in [0, 0.05) is 31.7 Å². The molecule has 0 aliphatic carbocycles. The Morgan fingerprint density at radius 3 is 2.00 bits per heavy atom. The van der Waals surface area contributed by atoms with Gasteiger partial charge in [-0.05, 0) is 19.1 Å². The Hall–Kier alpha value is -2.71. The van der Waals surface area contributed by atoms with Crippen molar-refractivity contribution < 1.29 is 9.47 Å². The van der Waals surface area contributed by atoms with Crippen LogP contribution in [0.15, 0.2) is 30.6 Å². The van der Waals surface area contributed by atoms with Gasteiger partial charge in [-0.1, -0.05) is 12.1 Å². The number of hydrogen-bond acceptors (Lipinski definition) is 7. The minimum absolute atomic E-state index is 0.655. The van der Waals surface area contributed by atoms with Crippen molar-refractivity contribution in [2.45, 2.75) is 6.92 Å². The molecule has 0 unspecified atom stereocenters. The highest BCUT2D eigenvalue weighted by Crippen LogP contribution is 2.29. The third-order valence-electron chi connectivity index (χ3n) is 5.37. The van der Waals surface area contributed by atoms with Gasteiger partial charge in [0.25, 0.3) is 0 Å². The maximum absolute atomic E-state index is 5.54. The first-order valence-electron chi connectivity index (χ1n) is 9.78. The summed E-state index contributed by atoms with van der Waals surface area (Å²) >= 11 is 0. The summed E-state index contributed by atoms with van der Waals surface area (Å²) in [6, 6.07) is 8.06. The number of ether oxygens (including phenoxy) is 2. The van der Waals surface area contributed by atoms with Gasteiger partial charge in [-0.15, -0.1) is 0 Å². The van der Waals surface area contributed by atoms with Crippen molar-refractivity contribution in [1.82, 2.24) is 19.5 Å². The van der Waals surface area contributed by atoms with Crippen LogP contribution in [-0.2, 0) is 9.47 Å². The zero-order chi connectivity index (χ0) is 18.9. The first-order chi connectivity index (χ1) is 13.8. The molecule has 0 bridgehead atoms. The van der Waals surface area contributed by atoms with Gasteiger partial charge in [0.1, 0.15) is 18.0 Å². The molecule has 8 nitrogen and oxygen atoms in total. The number of fused-ring (bicyclic) bond motifs is 1. The fourth-order valence-corrected chi connectivity index (χ4v) is 3.87. The summed E-state index contributed by atoms with van der Waals surface area (Å²) in [6.07, 6.45) is 1.81. The van der Waals surface area contributed by atoms with Gasteiger partial charge in [-0.25, -0.2) is 4.98 Å². The summed E-state index contributed by atoms with van der Waals surface area (Å²) in [5.41, 5.74) is 3.05. The van der Waals surface area contributed by atoms with Crippen LogP contribution in [0.5, 0.6) is 0 Å². The molecule has 5 rings (SSSR count). The van der Waals surface area contributed by atoms with E-state index in [0.717, 1.165) is 80.8 Å². The van der Waals surface area contributed by atoms with E-state index in [-0.39, 0.29) is 0 Å². The number of morpholine rings is 2. The molecular formula is C20H24N6O2. The Kier molecular flexibility index (Phi) is 4.58. The summed E-state index contributed by atoms with van der Waals surface area (Å²) in [4.78, 5) is 19.1. The maximum Gasteiger partial charge on any atom is 0.239 e. The van der Waals surface area contributed by atoms with Crippen molar-refractivity contribution in [3.05, 3.63) is 36.2 Å². The summed E-state index contributed by atoms with van der Waals surface area (Å²) in [5.74, 6) is 2.61. The SMILES string of the molecule is Cc1c(N2CCOCC2)nc(-n2cnc3ccccc32)nc1N1CCOCC1. The first-order valence-corrected chi connectivity index (χ1v) is 9.78. The van der Waals surface area contributed by atoms with Crippen molar-refractivity contribution in [2.24, 2.45) is 0 Å². The van der Waals surface area contributed by atoms with E-state index in [1.54, 1.807) is 0 Å². The summed E-state index contributed by atoms with van der Waals surface area (Å²) in [7, 11) is 0. The number of para-hydroxylation sites is 2. The van der Waals surface area contributed by atoms with Crippen molar-refractivity contribution in [3.8, 4) is 5.95 Å². The topological polar surface area (TPSA) is 68.5 Å². The normalized spacial score (nSPS) is 18.0. The molecule has 2 saturated heterocycles. The number of imidazole rings is 1. The number of aromatic nitrogens is 4. The van der Waals surface area contributed by atoms with Gasteiger partial charge in [0.15, 0.2) is 0 Å². The standard InChI is InChI=1S/C20H24N6O2/c1-15-18(24-6-10-27-11-7-24)22-20(23-19(15)25-8-12-28-13-9-25)26-14-21-16-4-2-3-5-17(16)26/h2-5,14H,6-13H2,1H3. The quantitative estimate of drug-likeness (QED) is 0.686. The van der Waals surface area contributed by atoms with E-state index in [0.29, 0.717) is 5.95 Å². The van der Waals surface area contributed by atoms with Crippen LogP contribution < -0.4 is 9.80 Å². The number of rotatable bonds is 3. The van der Waals surface area contributed by atoms with Gasteiger partial charge in [-0.3, -0.25) is 4.57 Å². The van der Waals surface area contributed by atoms with E-state index in [2.05, 4.69) is 21.7 Å². The molecule has 0 amide bonds. The second-order valence-corrected chi connectivity index (χ2v) is 7.10. The third kappa shape index (κ3) is 3.08. The lowest BCUT2D eigenvalue weighted by molar-refractivity contribution is 0.121. The van der Waals surface area contributed by atoms with E-state index in [1.807, 2.05) is 35.2 Å². The molecule has 2 fully saturated rings. The minimum Gasteiger partial charge on any atom is -0.378 e. The minimum atomic E-state index is 0.655. The smallest absolute Gasteiger partial charge is 0.239 e. The fraction of sp³-hybridized carbons (Fsp3) is 0.450. The first kappa shape index (κ1) is 17.4. The number of benzene rings is 1. The number of hydrogen-bond donors (Lipinski definition) is 0. The van der Waals surface area contributed by atoms with Crippen LogP contribution in [-0.4, -0.2) is 72.1 Å². The van der Waals surface area contributed by atoms with E-state index in [1.165, 1.54) is 0 Å². The molecule has 0 radical (unpaired) electrons. The Balaban J connectivity index is 1.65. The monoisotopic (exact) mass is 380 g/mol. The lowest BCUT2D eigenvalue weighted by atomic mass is 10.2. The number of nitrogens with zero attached hydrogens (tertiary/aromatic N) is 6. The highest BCUT2D eigenvalue weighted by molar-refractivity contribution is 5.77. The molecule has 2 aromatic heterocycles. The van der Waals surface area contributed by atoms with E-state index in [4.69, 9.17) is 19.4 Å². The Morgan fingerprint density at radius 1 is 0.821 bits per heavy atom. The highest BCUT2D eigenvalue weighted by Gasteiger charge is 2.24. The molecule has 28 heavy (non-hydrogen) atoms. The van der Waals surface area contributed by atoms with Gasteiger partial charge in [0.05, 0.1) is 37.5 Å². The second-order valence-electron chi connectivity index (χ2n) is 7.10. The molecule has 1 aromatic carbocycles. The van der Waals surface area contributed by atoms with Crippen molar-refractivity contribution in [3.63, 3.8) is 0 Å². The Morgan fingerprint density at radius 2 is 1.39 bits per heavy atom. The number of anilines is 2. The van der Waals surface area contributed by atoms with Gasteiger partial charge >= 0.3 is 0 Å². The molecule has 0 saturated carbocycles. The van der Waals surface area contributed by atoms with Crippen LogP contribution in [0.3, 0.4) is 0 Å². The van der Waals surface area contributed by atoms with Gasteiger partial charge in [-0.2, -0.15) is 9.97 Å². The predicted molar refractivity (Wildman–Crippen MR) is 107 cm³/mol. The molecule has 3 aromatic rings. The van der Waals surface area contributed by atoms with Crippen LogP contribution >= 0.6 is 0 Å². The third-order valence-corrected chi connectivity index (χ3v) is 5.37. The zero-order valence-corrected chi connectivity index (χ0v) is 16.0. The van der Waals surface area contributed by atoms with E-state index < -0.39 is 0 Å². The molecule has 146 valence electrons. The lowest BCUT2D eigenvalue weighted by Gasteiger charge is -2.33. The molecule has 2 aliphatic rings. The molecule has 2 aliphatic heterocycles. The van der Waals surface area contributed by atoms with Crippen molar-refractivity contribution in [1.29, 1.82) is 0 Å². The predicted octanol–water partition coefficient (Wildman–Crippen LogP) is 1.80. The average molecular weight is 380 g/mol. The lowest BCUT2D eigenvalue weighted by Crippen LogP contribution is -2.40. The molecule has 0 spiro atoms. The maximum atomic E-state index is 5.54. The summed E-state index contributed by atoms with van der Waals surface area (Å²) < 4.78 is 13.1. The van der Waals surface area contributed by atoms with Crippen LogP contribution in [0.2, 0.25) is 0 Å². The molecular weight excluding hydrogens is 356 g/mol. The zero-order valence-electron chi connectivity index (χ0n) is 16.0. The molecule has 8 heteroatoms. The molecule has 4 heterocycles. The van der Waals surface area contributed by atoms with Crippen LogP contribution in [0, 0.1) is 6.92 Å².